The predicted octanol–water partition coefficient (Wildman–Crippen LogP) is 3.56. The molecule has 0 saturated heterocycles. The summed E-state index contributed by atoms with van der Waals surface area (Å²) in [6, 6.07) is 15.7. The quantitative estimate of drug-likeness (QED) is 0.733. The molecule has 1 aliphatic rings. The van der Waals surface area contributed by atoms with Crippen LogP contribution < -0.4 is 10.1 Å². The van der Waals surface area contributed by atoms with Gasteiger partial charge in [0.2, 0.25) is 5.91 Å². The molecule has 1 aliphatic carbocycles. The van der Waals surface area contributed by atoms with Gasteiger partial charge in [0.25, 0.3) is 0 Å². The number of aryl methyl sites for hydroxylation is 1. The van der Waals surface area contributed by atoms with E-state index in [-0.39, 0.29) is 18.4 Å². The zero-order valence-corrected chi connectivity index (χ0v) is 16.2. The number of nitrogens with one attached hydrogen (secondary N) is 1. The van der Waals surface area contributed by atoms with Crippen LogP contribution >= 0.6 is 0 Å². The van der Waals surface area contributed by atoms with Crippen LogP contribution in [0.4, 0.5) is 0 Å². The number of carbonyl (C=O) groups is 2. The van der Waals surface area contributed by atoms with E-state index in [1.807, 2.05) is 36.4 Å². The lowest BCUT2D eigenvalue weighted by atomic mass is 9.81. The number of benzene rings is 2. The Morgan fingerprint density at radius 2 is 1.93 bits per heavy atom. The first-order valence-electron chi connectivity index (χ1n) is 9.77. The lowest BCUT2D eigenvalue weighted by Crippen LogP contribution is -2.35. The van der Waals surface area contributed by atoms with Gasteiger partial charge in [0.15, 0.2) is 0 Å². The van der Waals surface area contributed by atoms with Gasteiger partial charge in [-0.3, -0.25) is 9.59 Å². The van der Waals surface area contributed by atoms with Gasteiger partial charge in [-0.15, -0.1) is 0 Å². The van der Waals surface area contributed by atoms with Gasteiger partial charge in [-0.2, -0.15) is 0 Å². The Morgan fingerprint density at radius 3 is 2.71 bits per heavy atom. The lowest BCUT2D eigenvalue weighted by molar-refractivity contribution is -0.141. The zero-order valence-electron chi connectivity index (χ0n) is 16.2. The van der Waals surface area contributed by atoms with Gasteiger partial charge in [-0.25, -0.2) is 0 Å². The normalized spacial score (nSPS) is 16.7. The fraction of sp³-hybridized carbons (Fsp3) is 0.391. The van der Waals surface area contributed by atoms with Gasteiger partial charge < -0.3 is 15.2 Å². The maximum absolute atomic E-state index is 12.5. The van der Waals surface area contributed by atoms with E-state index in [9.17, 15) is 14.7 Å². The van der Waals surface area contributed by atoms with E-state index in [2.05, 4.69) is 17.4 Å². The van der Waals surface area contributed by atoms with Crippen molar-refractivity contribution in [2.75, 3.05) is 13.7 Å². The van der Waals surface area contributed by atoms with Crippen LogP contribution in [0, 0.1) is 5.92 Å². The van der Waals surface area contributed by atoms with Crippen LogP contribution in [0.1, 0.15) is 41.9 Å². The number of carbonyl (C=O) groups excluding carboxylic acids is 1. The van der Waals surface area contributed by atoms with E-state index < -0.39 is 11.9 Å². The molecule has 2 aromatic carbocycles. The highest BCUT2D eigenvalue weighted by Crippen LogP contribution is 2.33. The molecule has 28 heavy (non-hydrogen) atoms. The van der Waals surface area contributed by atoms with E-state index in [0.29, 0.717) is 18.6 Å². The summed E-state index contributed by atoms with van der Waals surface area (Å²) in [4.78, 5) is 24.2. The van der Waals surface area contributed by atoms with Crippen molar-refractivity contribution < 1.29 is 19.4 Å². The van der Waals surface area contributed by atoms with E-state index in [0.717, 1.165) is 24.8 Å². The highest BCUT2D eigenvalue weighted by Gasteiger charge is 2.24. The number of carboxylic acid groups (broad SMARTS) is 1. The molecule has 0 radical (unpaired) electrons. The summed E-state index contributed by atoms with van der Waals surface area (Å²) in [6.45, 7) is 0.112. The molecular formula is C23H27NO4. The largest absolute Gasteiger partial charge is 0.496 e. The number of hydrogen-bond acceptors (Lipinski definition) is 3. The smallest absolute Gasteiger partial charge is 0.308 e. The van der Waals surface area contributed by atoms with E-state index in [1.54, 1.807) is 7.11 Å². The van der Waals surface area contributed by atoms with E-state index >= 15 is 0 Å². The minimum Gasteiger partial charge on any atom is -0.496 e. The van der Waals surface area contributed by atoms with Crippen LogP contribution in [0.3, 0.4) is 0 Å². The monoisotopic (exact) mass is 381 g/mol. The summed E-state index contributed by atoms with van der Waals surface area (Å²) < 4.78 is 5.31. The van der Waals surface area contributed by atoms with Crippen LogP contribution in [-0.2, 0) is 22.4 Å². The van der Waals surface area contributed by atoms with Gasteiger partial charge in [0, 0.05) is 13.0 Å². The average Bonchev–Trinajstić information content (AvgIpc) is 2.71. The molecule has 0 bridgehead atoms. The average molecular weight is 381 g/mol. The van der Waals surface area contributed by atoms with Crippen molar-refractivity contribution in [2.45, 2.75) is 38.0 Å². The maximum atomic E-state index is 12.5. The van der Waals surface area contributed by atoms with Crippen LogP contribution in [0.5, 0.6) is 5.75 Å². The van der Waals surface area contributed by atoms with Crippen molar-refractivity contribution in [3.05, 3.63) is 65.2 Å². The summed E-state index contributed by atoms with van der Waals surface area (Å²) in [7, 11) is 1.57. The van der Waals surface area contributed by atoms with Crippen LogP contribution in [-0.4, -0.2) is 30.6 Å². The molecule has 148 valence electrons. The Bertz CT molecular complexity index is 833. The van der Waals surface area contributed by atoms with E-state index in [1.165, 1.54) is 11.1 Å². The Hall–Kier alpha value is -2.82. The number of ether oxygens (including phenoxy) is 1. The SMILES string of the molecule is COc1ccccc1CC(CNC(=O)CC1CCCc2ccccc21)C(=O)O. The van der Waals surface area contributed by atoms with Crippen molar-refractivity contribution in [1.82, 2.24) is 5.32 Å². The van der Waals surface area contributed by atoms with Gasteiger partial charge in [-0.05, 0) is 54.4 Å². The number of fused-ring (bicyclic) bond motifs is 1. The topological polar surface area (TPSA) is 75.6 Å². The fourth-order valence-electron chi connectivity index (χ4n) is 3.98. The maximum Gasteiger partial charge on any atom is 0.308 e. The van der Waals surface area contributed by atoms with Crippen LogP contribution in [0.15, 0.2) is 48.5 Å². The molecule has 2 unspecified atom stereocenters. The number of para-hydroxylation sites is 1. The second-order valence-electron chi connectivity index (χ2n) is 7.35. The van der Waals surface area contributed by atoms with Crippen molar-refractivity contribution >= 4 is 11.9 Å². The highest BCUT2D eigenvalue weighted by atomic mass is 16.5. The van der Waals surface area contributed by atoms with Gasteiger partial charge in [-0.1, -0.05) is 42.5 Å². The predicted molar refractivity (Wildman–Crippen MR) is 108 cm³/mol. The number of rotatable bonds is 8. The number of aliphatic carboxylic acids is 1. The third-order valence-electron chi connectivity index (χ3n) is 5.48. The third kappa shape index (κ3) is 4.91. The number of amides is 1. The second kappa shape index (κ2) is 9.40. The molecule has 0 aromatic heterocycles. The summed E-state index contributed by atoms with van der Waals surface area (Å²) in [5.74, 6) is -0.831. The second-order valence-corrected chi connectivity index (χ2v) is 7.35. The zero-order chi connectivity index (χ0) is 19.9. The first-order valence-corrected chi connectivity index (χ1v) is 9.77. The van der Waals surface area contributed by atoms with E-state index in [4.69, 9.17) is 4.74 Å². The third-order valence-corrected chi connectivity index (χ3v) is 5.48. The number of hydrogen-bond donors (Lipinski definition) is 2. The van der Waals surface area contributed by atoms with Crippen molar-refractivity contribution in [1.29, 1.82) is 0 Å². The molecule has 1 amide bonds. The van der Waals surface area contributed by atoms with Gasteiger partial charge in [0.05, 0.1) is 13.0 Å². The molecule has 0 aliphatic heterocycles. The Labute approximate surface area is 165 Å². The minimum absolute atomic E-state index is 0.0898. The molecule has 2 aromatic rings. The summed E-state index contributed by atoms with van der Waals surface area (Å²) in [5, 5.41) is 12.4. The number of carboxylic acids is 1. The standard InChI is InChI=1S/C23H27NO4/c1-28-21-12-5-3-8-18(21)13-19(23(26)27)15-24-22(25)14-17-10-6-9-16-7-2-4-11-20(16)17/h2-5,7-8,11-12,17,19H,6,9-10,13-15H2,1H3,(H,24,25)(H,26,27). The van der Waals surface area contributed by atoms with Crippen molar-refractivity contribution in [2.24, 2.45) is 5.92 Å². The molecule has 0 spiro atoms. The van der Waals surface area contributed by atoms with Gasteiger partial charge >= 0.3 is 5.97 Å². The molecule has 0 saturated carbocycles. The van der Waals surface area contributed by atoms with Crippen molar-refractivity contribution in [3.8, 4) is 5.75 Å². The highest BCUT2D eigenvalue weighted by molar-refractivity contribution is 5.78. The molecule has 5 nitrogen and oxygen atoms in total. The molecule has 0 heterocycles. The lowest BCUT2D eigenvalue weighted by Gasteiger charge is -2.25. The minimum atomic E-state index is -0.922. The fourth-order valence-corrected chi connectivity index (χ4v) is 3.98. The first kappa shape index (κ1) is 19.9. The summed E-state index contributed by atoms with van der Waals surface area (Å²) in [5.41, 5.74) is 3.41. The number of methoxy groups -OCH3 is 1. The van der Waals surface area contributed by atoms with Crippen LogP contribution in [0.2, 0.25) is 0 Å². The Kier molecular flexibility index (Phi) is 6.69. The first-order chi connectivity index (χ1) is 13.6. The molecule has 0 fully saturated rings. The van der Waals surface area contributed by atoms with Crippen LogP contribution in [0.25, 0.3) is 0 Å². The van der Waals surface area contributed by atoms with Crippen molar-refractivity contribution in [3.63, 3.8) is 0 Å². The molecular weight excluding hydrogens is 354 g/mol. The Balaban J connectivity index is 1.58. The summed E-state index contributed by atoms with van der Waals surface area (Å²) in [6.07, 6.45) is 3.85. The molecule has 5 heteroatoms. The summed E-state index contributed by atoms with van der Waals surface area (Å²) >= 11 is 0. The molecule has 2 atom stereocenters. The van der Waals surface area contributed by atoms with Gasteiger partial charge in [0.1, 0.15) is 5.75 Å². The molecule has 2 N–H and O–H groups in total. The Morgan fingerprint density at radius 1 is 1.18 bits per heavy atom. The molecule has 3 rings (SSSR count).